The summed E-state index contributed by atoms with van der Waals surface area (Å²) in [5, 5.41) is -0.613. The van der Waals surface area contributed by atoms with Gasteiger partial charge in [-0.15, -0.1) is 0 Å². The zero-order valence-electron chi connectivity index (χ0n) is 3.54. The van der Waals surface area contributed by atoms with Crippen LogP contribution in [-0.2, 0) is 0 Å². The molecule has 0 rings (SSSR count). The second-order valence-corrected chi connectivity index (χ2v) is 1.26. The molecule has 36 valence electrons. The van der Waals surface area contributed by atoms with Crippen molar-refractivity contribution in [2.24, 2.45) is 0 Å². The van der Waals surface area contributed by atoms with Gasteiger partial charge in [0.1, 0.15) is 0 Å². The molecule has 0 aliphatic heterocycles. The number of hydrogen-bond donors (Lipinski definition) is 0. The normalized spacial score (nSPS) is 12.2. The summed E-state index contributed by atoms with van der Waals surface area (Å²) in [5.41, 5.74) is 0. The predicted molar refractivity (Wildman–Crippen MR) is 25.3 cm³/mol. The van der Waals surface area contributed by atoms with Crippen LogP contribution in [0.1, 0.15) is 13.3 Å². The molecule has 0 N–H and O–H groups in total. The van der Waals surface area contributed by atoms with Gasteiger partial charge in [-0.25, -0.2) is 0 Å². The minimum absolute atomic E-state index is 0.613. The van der Waals surface area contributed by atoms with E-state index >= 15 is 0 Å². The van der Waals surface area contributed by atoms with Gasteiger partial charge >= 0.3 is 0 Å². The Hall–Kier alpha value is -0.0400. The van der Waals surface area contributed by atoms with E-state index in [-0.39, 0.29) is 0 Å². The summed E-state index contributed by atoms with van der Waals surface area (Å²) in [5.74, 6) is 0. The van der Waals surface area contributed by atoms with Crippen molar-refractivity contribution in [3.05, 3.63) is 11.4 Å². The first-order valence-corrected chi connectivity index (χ1v) is 2.16. The third kappa shape index (κ3) is 3.96. The average Bonchev–Trinajstić information content (AvgIpc) is 1.35. The van der Waals surface area contributed by atoms with Crippen LogP contribution in [0, 0.1) is 0 Å². The smallest absolute Gasteiger partial charge is 0.185 e. The molecule has 0 aromatic carbocycles. The van der Waals surface area contributed by atoms with E-state index in [9.17, 15) is 4.39 Å². The van der Waals surface area contributed by atoms with Gasteiger partial charge in [0.15, 0.2) is 5.29 Å². The van der Waals surface area contributed by atoms with Crippen molar-refractivity contribution in [3.63, 3.8) is 0 Å². The predicted octanol–water partition coefficient (Wildman–Crippen LogP) is 2.45. The van der Waals surface area contributed by atoms with Crippen LogP contribution in [0.4, 0.5) is 4.39 Å². The van der Waals surface area contributed by atoms with Crippen molar-refractivity contribution in [1.82, 2.24) is 0 Å². The molecule has 0 radical (unpaired) electrons. The van der Waals surface area contributed by atoms with Gasteiger partial charge in [0.05, 0.1) is 0 Å². The van der Waals surface area contributed by atoms with Crippen molar-refractivity contribution in [1.29, 1.82) is 0 Å². The van der Waals surface area contributed by atoms with Crippen LogP contribution in [-0.4, -0.2) is 0 Å². The molecule has 0 saturated carbocycles. The summed E-state index contributed by atoms with van der Waals surface area (Å²) in [4.78, 5) is 0. The molecule has 0 aromatic rings. The third-order valence-corrected chi connectivity index (χ3v) is 0.513. The first-order chi connectivity index (χ1) is 2.77. The van der Waals surface area contributed by atoms with E-state index in [2.05, 4.69) is 0 Å². The van der Waals surface area contributed by atoms with E-state index in [1.54, 1.807) is 0 Å². The molecule has 6 heavy (non-hydrogen) atoms. The van der Waals surface area contributed by atoms with E-state index < -0.39 is 5.29 Å². The lowest BCUT2D eigenvalue weighted by Gasteiger charge is -1.72. The van der Waals surface area contributed by atoms with E-state index in [1.807, 2.05) is 6.92 Å². The van der Waals surface area contributed by atoms with Gasteiger partial charge in [-0.05, 0) is 12.5 Å². The van der Waals surface area contributed by atoms with Crippen LogP contribution in [0.3, 0.4) is 0 Å². The molecule has 0 amide bonds. The van der Waals surface area contributed by atoms with Crippen LogP contribution >= 0.6 is 11.6 Å². The van der Waals surface area contributed by atoms with Crippen molar-refractivity contribution < 1.29 is 4.39 Å². The molecular formula is C4H6ClF. The number of halogens is 2. The maximum atomic E-state index is 11.3. The highest BCUT2D eigenvalue weighted by atomic mass is 35.5. The van der Waals surface area contributed by atoms with Gasteiger partial charge in [0.25, 0.3) is 0 Å². The average molecular weight is 109 g/mol. The topological polar surface area (TPSA) is 0 Å². The fourth-order valence-corrected chi connectivity index (χ4v) is 0.309. The van der Waals surface area contributed by atoms with Crippen LogP contribution in [0.2, 0.25) is 0 Å². The molecule has 0 spiro atoms. The Balaban J connectivity index is 3.14. The maximum Gasteiger partial charge on any atom is 0.185 e. The van der Waals surface area contributed by atoms with Crippen LogP contribution in [0.25, 0.3) is 0 Å². The Morgan fingerprint density at radius 1 is 2.00 bits per heavy atom. The summed E-state index contributed by atoms with van der Waals surface area (Å²) in [6.45, 7) is 1.82. The molecule has 0 aromatic heterocycles. The standard InChI is InChI=1S/C4H6ClF/c1-2-3-4(5)6/h3H,2H2,1H3/b4-3+. The molecule has 0 nitrogen and oxygen atoms in total. The quantitative estimate of drug-likeness (QED) is 0.484. The Labute approximate surface area is 41.6 Å². The molecule has 0 fully saturated rings. The lowest BCUT2D eigenvalue weighted by atomic mass is 10.5. The SMILES string of the molecule is CC/C=C(/F)Cl. The summed E-state index contributed by atoms with van der Waals surface area (Å²) < 4.78 is 11.3. The van der Waals surface area contributed by atoms with E-state index in [4.69, 9.17) is 11.6 Å². The second-order valence-electron chi connectivity index (χ2n) is 0.902. The lowest BCUT2D eigenvalue weighted by Crippen LogP contribution is -1.51. The van der Waals surface area contributed by atoms with Gasteiger partial charge < -0.3 is 0 Å². The van der Waals surface area contributed by atoms with Gasteiger partial charge in [-0.1, -0.05) is 18.5 Å². The van der Waals surface area contributed by atoms with Crippen LogP contribution in [0.5, 0.6) is 0 Å². The minimum Gasteiger partial charge on any atom is -0.194 e. The molecule has 0 aliphatic carbocycles. The summed E-state index contributed by atoms with van der Waals surface area (Å²) in [6.07, 6.45) is 1.97. The minimum atomic E-state index is -0.613. The van der Waals surface area contributed by atoms with E-state index in [1.165, 1.54) is 6.08 Å². The Morgan fingerprint density at radius 2 is 2.50 bits per heavy atom. The Kier molecular flexibility index (Phi) is 3.14. The van der Waals surface area contributed by atoms with Crippen molar-refractivity contribution in [3.8, 4) is 0 Å². The summed E-state index contributed by atoms with van der Waals surface area (Å²) in [6, 6.07) is 0. The third-order valence-electron chi connectivity index (χ3n) is 0.358. The fourth-order valence-electron chi connectivity index (χ4n) is 0.154. The highest BCUT2D eigenvalue weighted by molar-refractivity contribution is 6.28. The van der Waals surface area contributed by atoms with Gasteiger partial charge in [0, 0.05) is 0 Å². The Morgan fingerprint density at radius 3 is 2.50 bits per heavy atom. The summed E-state index contributed by atoms with van der Waals surface area (Å²) >= 11 is 4.77. The van der Waals surface area contributed by atoms with Gasteiger partial charge in [-0.3, -0.25) is 0 Å². The lowest BCUT2D eigenvalue weighted by molar-refractivity contribution is 0.689. The highest BCUT2D eigenvalue weighted by Gasteiger charge is 1.76. The molecule has 0 heterocycles. The monoisotopic (exact) mass is 108 g/mol. The van der Waals surface area contributed by atoms with E-state index in [0.29, 0.717) is 6.42 Å². The van der Waals surface area contributed by atoms with Crippen molar-refractivity contribution in [2.75, 3.05) is 0 Å². The van der Waals surface area contributed by atoms with E-state index in [0.717, 1.165) is 0 Å². The molecule has 2 heteroatoms. The van der Waals surface area contributed by atoms with Crippen molar-refractivity contribution in [2.45, 2.75) is 13.3 Å². The van der Waals surface area contributed by atoms with Crippen molar-refractivity contribution >= 4 is 11.6 Å². The Bertz CT molecular complexity index is 54.6. The number of hydrogen-bond acceptors (Lipinski definition) is 0. The molecule has 0 saturated heterocycles. The number of allylic oxidation sites excluding steroid dienone is 1. The van der Waals surface area contributed by atoms with Crippen LogP contribution < -0.4 is 0 Å². The first kappa shape index (κ1) is 5.96. The summed E-state index contributed by atoms with van der Waals surface area (Å²) in [7, 11) is 0. The molecule has 0 aliphatic rings. The second kappa shape index (κ2) is 3.16. The molecular weight excluding hydrogens is 102 g/mol. The van der Waals surface area contributed by atoms with Gasteiger partial charge in [-0.2, -0.15) is 4.39 Å². The largest absolute Gasteiger partial charge is 0.194 e. The highest BCUT2D eigenvalue weighted by Crippen LogP contribution is 2.01. The zero-order valence-corrected chi connectivity index (χ0v) is 4.30. The van der Waals surface area contributed by atoms with Gasteiger partial charge in [0.2, 0.25) is 0 Å². The zero-order chi connectivity index (χ0) is 4.99. The molecule has 0 unspecified atom stereocenters. The first-order valence-electron chi connectivity index (χ1n) is 1.78. The molecule has 0 atom stereocenters. The maximum absolute atomic E-state index is 11.3. The molecule has 0 bridgehead atoms. The number of rotatable bonds is 1. The fraction of sp³-hybridized carbons (Fsp3) is 0.500. The van der Waals surface area contributed by atoms with Crippen LogP contribution in [0.15, 0.2) is 11.4 Å².